The summed E-state index contributed by atoms with van der Waals surface area (Å²) in [4.78, 5) is 20.2. The molecule has 2 N–H and O–H groups in total. The van der Waals surface area contributed by atoms with E-state index in [1.807, 2.05) is 6.92 Å². The molecule has 0 spiro atoms. The van der Waals surface area contributed by atoms with Gasteiger partial charge in [-0.15, -0.1) is 0 Å². The van der Waals surface area contributed by atoms with E-state index < -0.39 is 0 Å². The predicted octanol–water partition coefficient (Wildman–Crippen LogP) is 1.91. The van der Waals surface area contributed by atoms with Crippen molar-refractivity contribution in [2.75, 3.05) is 5.73 Å². The number of hydrogen-bond donors (Lipinski definition) is 1. The van der Waals surface area contributed by atoms with Gasteiger partial charge >= 0.3 is 5.97 Å². The summed E-state index contributed by atoms with van der Waals surface area (Å²) in [5.41, 5.74) is 6.10. The van der Waals surface area contributed by atoms with E-state index in [2.05, 4.69) is 4.89 Å². The second-order valence-electron chi connectivity index (χ2n) is 2.86. The third-order valence-electron chi connectivity index (χ3n) is 1.57. The van der Waals surface area contributed by atoms with Crippen LogP contribution in [0.1, 0.15) is 19.8 Å². The topological polar surface area (TPSA) is 61.5 Å². The molecule has 0 radical (unpaired) electrons. The Hall–Kier alpha value is -1.71. The molecule has 0 aliphatic rings. The molecule has 14 heavy (non-hydrogen) atoms. The lowest BCUT2D eigenvalue weighted by Crippen LogP contribution is -2.06. The molecule has 1 aromatic carbocycles. The summed E-state index contributed by atoms with van der Waals surface area (Å²) in [6.07, 6.45) is 1.10. The zero-order valence-corrected chi connectivity index (χ0v) is 8.03. The van der Waals surface area contributed by atoms with Crippen LogP contribution in [0.3, 0.4) is 0 Å². The standard InChI is InChI=1S/C10H13NO3/c1-2-3-10(12)14-13-9-6-4-8(11)5-7-9/h4-7H,2-3,11H2,1H3. The second kappa shape index (κ2) is 5.11. The highest BCUT2D eigenvalue weighted by atomic mass is 17.2. The van der Waals surface area contributed by atoms with Crippen LogP contribution in [0, 0.1) is 0 Å². The van der Waals surface area contributed by atoms with Gasteiger partial charge in [0.15, 0.2) is 5.75 Å². The number of anilines is 1. The molecule has 4 nitrogen and oxygen atoms in total. The zero-order valence-electron chi connectivity index (χ0n) is 8.03. The fraction of sp³-hybridized carbons (Fsp3) is 0.300. The third kappa shape index (κ3) is 3.35. The maximum atomic E-state index is 10.9. The van der Waals surface area contributed by atoms with Gasteiger partial charge in [-0.05, 0) is 30.7 Å². The SMILES string of the molecule is CCCC(=O)OOc1ccc(N)cc1. The summed E-state index contributed by atoms with van der Waals surface area (Å²) < 4.78 is 0. The minimum atomic E-state index is -0.371. The molecule has 0 unspecified atom stereocenters. The van der Waals surface area contributed by atoms with Crippen molar-refractivity contribution in [2.24, 2.45) is 0 Å². The van der Waals surface area contributed by atoms with Crippen LogP contribution in [0.5, 0.6) is 5.75 Å². The smallest absolute Gasteiger partial charge is 0.355 e. The Kier molecular flexibility index (Phi) is 3.79. The number of nitrogen functional groups attached to an aromatic ring is 1. The summed E-state index contributed by atoms with van der Waals surface area (Å²) in [6.45, 7) is 1.89. The molecule has 0 amide bonds. The molecule has 0 atom stereocenters. The molecule has 0 bridgehead atoms. The molecule has 0 aromatic heterocycles. The normalized spacial score (nSPS) is 9.50. The molecule has 76 valence electrons. The second-order valence-corrected chi connectivity index (χ2v) is 2.86. The van der Waals surface area contributed by atoms with Crippen LogP contribution in [-0.4, -0.2) is 5.97 Å². The van der Waals surface area contributed by atoms with E-state index in [0.717, 1.165) is 6.42 Å². The molecule has 0 saturated carbocycles. The lowest BCUT2D eigenvalue weighted by molar-refractivity contribution is -0.213. The van der Waals surface area contributed by atoms with Crippen LogP contribution in [0.4, 0.5) is 5.69 Å². The number of carbonyl (C=O) groups is 1. The zero-order chi connectivity index (χ0) is 10.4. The number of benzene rings is 1. The highest BCUT2D eigenvalue weighted by Gasteiger charge is 2.02. The van der Waals surface area contributed by atoms with Crippen molar-refractivity contribution in [3.8, 4) is 5.75 Å². The fourth-order valence-electron chi connectivity index (χ4n) is 0.864. The van der Waals surface area contributed by atoms with Crippen LogP contribution < -0.4 is 10.6 Å². The minimum Gasteiger partial charge on any atom is -0.399 e. The molecule has 0 heterocycles. The minimum absolute atomic E-state index is 0.356. The van der Waals surface area contributed by atoms with Crippen molar-refractivity contribution in [3.05, 3.63) is 24.3 Å². The van der Waals surface area contributed by atoms with Crippen molar-refractivity contribution >= 4 is 11.7 Å². The van der Waals surface area contributed by atoms with Gasteiger partial charge in [0.05, 0.1) is 0 Å². The van der Waals surface area contributed by atoms with Gasteiger partial charge < -0.3 is 5.73 Å². The molecule has 4 heteroatoms. The Morgan fingerprint density at radius 3 is 2.57 bits per heavy atom. The van der Waals surface area contributed by atoms with Crippen molar-refractivity contribution < 1.29 is 14.6 Å². The van der Waals surface area contributed by atoms with E-state index in [4.69, 9.17) is 10.6 Å². The first kappa shape index (κ1) is 10.4. The lowest BCUT2D eigenvalue weighted by atomic mass is 10.3. The Morgan fingerprint density at radius 2 is 2.00 bits per heavy atom. The number of nitrogens with two attached hydrogens (primary N) is 1. The quantitative estimate of drug-likeness (QED) is 0.453. The van der Waals surface area contributed by atoms with Crippen molar-refractivity contribution in [1.82, 2.24) is 0 Å². The van der Waals surface area contributed by atoms with Gasteiger partial charge in [0.25, 0.3) is 0 Å². The number of hydrogen-bond acceptors (Lipinski definition) is 4. The van der Waals surface area contributed by atoms with Gasteiger partial charge in [-0.2, -0.15) is 0 Å². The van der Waals surface area contributed by atoms with Crippen LogP contribution in [0.15, 0.2) is 24.3 Å². The predicted molar refractivity (Wildman–Crippen MR) is 52.5 cm³/mol. The molecule has 0 fully saturated rings. The third-order valence-corrected chi connectivity index (χ3v) is 1.57. The Labute approximate surface area is 82.5 Å². The highest BCUT2D eigenvalue weighted by molar-refractivity contribution is 5.68. The van der Waals surface area contributed by atoms with Gasteiger partial charge in [-0.25, -0.2) is 4.79 Å². The van der Waals surface area contributed by atoms with Gasteiger partial charge in [-0.3, -0.25) is 9.78 Å². The first-order valence-corrected chi connectivity index (χ1v) is 4.45. The summed E-state index contributed by atoms with van der Waals surface area (Å²) in [7, 11) is 0. The van der Waals surface area contributed by atoms with Gasteiger partial charge in [0.2, 0.25) is 0 Å². The Balaban J connectivity index is 2.38. The van der Waals surface area contributed by atoms with E-state index in [1.54, 1.807) is 24.3 Å². The maximum Gasteiger partial charge on any atom is 0.355 e. The van der Waals surface area contributed by atoms with E-state index in [9.17, 15) is 4.79 Å². The number of carbonyl (C=O) groups excluding carboxylic acids is 1. The molecular formula is C10H13NO3. The van der Waals surface area contributed by atoms with Gasteiger partial charge in [0.1, 0.15) is 0 Å². The van der Waals surface area contributed by atoms with E-state index in [1.165, 1.54) is 0 Å². The van der Waals surface area contributed by atoms with E-state index >= 15 is 0 Å². The monoisotopic (exact) mass is 195 g/mol. The van der Waals surface area contributed by atoms with E-state index in [0.29, 0.717) is 17.9 Å². The van der Waals surface area contributed by atoms with Gasteiger partial charge in [-0.1, -0.05) is 6.92 Å². The van der Waals surface area contributed by atoms with Gasteiger partial charge in [0, 0.05) is 12.1 Å². The molecule has 0 aliphatic heterocycles. The van der Waals surface area contributed by atoms with Crippen LogP contribution in [-0.2, 0) is 9.68 Å². The lowest BCUT2D eigenvalue weighted by Gasteiger charge is -2.03. The van der Waals surface area contributed by atoms with Crippen molar-refractivity contribution in [3.63, 3.8) is 0 Å². The summed E-state index contributed by atoms with van der Waals surface area (Å²) in [6, 6.07) is 6.61. The average Bonchev–Trinajstić information content (AvgIpc) is 2.17. The van der Waals surface area contributed by atoms with Crippen molar-refractivity contribution in [1.29, 1.82) is 0 Å². The fourth-order valence-corrected chi connectivity index (χ4v) is 0.864. The van der Waals surface area contributed by atoms with Crippen molar-refractivity contribution in [2.45, 2.75) is 19.8 Å². The molecule has 1 rings (SSSR count). The first-order valence-electron chi connectivity index (χ1n) is 4.45. The molecular weight excluding hydrogens is 182 g/mol. The first-order chi connectivity index (χ1) is 6.72. The highest BCUT2D eigenvalue weighted by Crippen LogP contribution is 2.13. The summed E-state index contributed by atoms with van der Waals surface area (Å²) in [5, 5.41) is 0. The summed E-state index contributed by atoms with van der Waals surface area (Å²) in [5.74, 6) is 0.0907. The van der Waals surface area contributed by atoms with Crippen LogP contribution >= 0.6 is 0 Å². The Morgan fingerprint density at radius 1 is 1.36 bits per heavy atom. The number of rotatable bonds is 4. The van der Waals surface area contributed by atoms with E-state index in [-0.39, 0.29) is 5.97 Å². The maximum absolute atomic E-state index is 10.9. The molecule has 0 aliphatic carbocycles. The molecule has 0 saturated heterocycles. The summed E-state index contributed by atoms with van der Waals surface area (Å²) >= 11 is 0. The average molecular weight is 195 g/mol. The largest absolute Gasteiger partial charge is 0.399 e. The van der Waals surface area contributed by atoms with Crippen LogP contribution in [0.25, 0.3) is 0 Å². The Bertz CT molecular complexity index is 295. The molecule has 1 aromatic rings. The van der Waals surface area contributed by atoms with Crippen LogP contribution in [0.2, 0.25) is 0 Å².